The van der Waals surface area contributed by atoms with Gasteiger partial charge in [-0.3, -0.25) is 14.9 Å². The zero-order valence-corrected chi connectivity index (χ0v) is 8.10. The van der Waals surface area contributed by atoms with E-state index in [1.165, 1.54) is 18.2 Å². The number of amides is 1. The number of nitro groups is 1. The minimum absolute atomic E-state index is 0.0195. The molecule has 0 spiro atoms. The highest BCUT2D eigenvalue weighted by atomic mass is 16.6. The molecule has 0 unspecified atom stereocenters. The predicted molar refractivity (Wildman–Crippen MR) is 52.8 cm³/mol. The Labute approximate surface area is 85.8 Å². The minimum atomic E-state index is -0.748. The number of benzene rings is 1. The van der Waals surface area contributed by atoms with Crippen molar-refractivity contribution in [3.63, 3.8) is 0 Å². The molecule has 0 aliphatic carbocycles. The van der Waals surface area contributed by atoms with Crippen LogP contribution in [-0.4, -0.2) is 17.4 Å². The summed E-state index contributed by atoms with van der Waals surface area (Å²) in [5, 5.41) is 10.6. The van der Waals surface area contributed by atoms with Crippen molar-refractivity contribution in [2.45, 2.75) is 6.92 Å². The van der Waals surface area contributed by atoms with Gasteiger partial charge in [0.25, 0.3) is 5.91 Å². The van der Waals surface area contributed by atoms with Crippen molar-refractivity contribution in [3.05, 3.63) is 33.9 Å². The van der Waals surface area contributed by atoms with Gasteiger partial charge in [-0.25, -0.2) is 0 Å². The molecule has 6 nitrogen and oxygen atoms in total. The van der Waals surface area contributed by atoms with Crippen LogP contribution < -0.4 is 10.5 Å². The average molecular weight is 210 g/mol. The number of nitro benzene ring substituents is 1. The van der Waals surface area contributed by atoms with Gasteiger partial charge in [-0.1, -0.05) is 6.07 Å². The Morgan fingerprint density at radius 1 is 1.60 bits per heavy atom. The summed E-state index contributed by atoms with van der Waals surface area (Å²) in [4.78, 5) is 21.0. The minimum Gasteiger partial charge on any atom is -0.487 e. The van der Waals surface area contributed by atoms with E-state index in [0.29, 0.717) is 0 Å². The van der Waals surface area contributed by atoms with E-state index in [1.54, 1.807) is 6.92 Å². The molecule has 0 aromatic heterocycles. The van der Waals surface area contributed by atoms with E-state index in [1.807, 2.05) is 0 Å². The summed E-state index contributed by atoms with van der Waals surface area (Å²) < 4.78 is 5.05. The monoisotopic (exact) mass is 210 g/mol. The zero-order valence-electron chi connectivity index (χ0n) is 8.10. The fourth-order valence-electron chi connectivity index (χ4n) is 1.16. The van der Waals surface area contributed by atoms with Gasteiger partial charge in [0, 0.05) is 6.07 Å². The number of nitrogens with zero attached hydrogens (tertiary/aromatic N) is 1. The van der Waals surface area contributed by atoms with E-state index in [4.69, 9.17) is 10.5 Å². The summed E-state index contributed by atoms with van der Waals surface area (Å²) in [5.74, 6) is -0.820. The third-order valence-electron chi connectivity index (χ3n) is 1.75. The van der Waals surface area contributed by atoms with Gasteiger partial charge < -0.3 is 10.5 Å². The Bertz CT molecular complexity index is 371. The van der Waals surface area contributed by atoms with Crippen LogP contribution in [0.4, 0.5) is 5.69 Å². The zero-order chi connectivity index (χ0) is 11.4. The molecule has 0 atom stereocenters. The lowest BCUT2D eigenvalue weighted by atomic mass is 10.1. The predicted octanol–water partition coefficient (Wildman–Crippen LogP) is 1.09. The van der Waals surface area contributed by atoms with Crippen LogP contribution in [0.1, 0.15) is 17.3 Å². The molecule has 0 saturated carbocycles. The highest BCUT2D eigenvalue weighted by molar-refractivity contribution is 5.97. The summed E-state index contributed by atoms with van der Waals surface area (Å²) in [6.07, 6.45) is 0. The Kier molecular flexibility index (Phi) is 3.22. The first-order valence-corrected chi connectivity index (χ1v) is 4.28. The Balaban J connectivity index is 3.34. The third-order valence-corrected chi connectivity index (χ3v) is 1.75. The van der Waals surface area contributed by atoms with Crippen molar-refractivity contribution in [2.24, 2.45) is 5.73 Å². The van der Waals surface area contributed by atoms with E-state index in [0.717, 1.165) is 0 Å². The molecule has 0 aliphatic heterocycles. The molecule has 1 aromatic rings. The number of rotatable bonds is 4. The number of hydrogen-bond acceptors (Lipinski definition) is 4. The van der Waals surface area contributed by atoms with Gasteiger partial charge in [0.05, 0.1) is 17.1 Å². The maximum atomic E-state index is 11.0. The topological polar surface area (TPSA) is 95.5 Å². The molecular weight excluding hydrogens is 200 g/mol. The number of primary amides is 1. The van der Waals surface area contributed by atoms with Crippen molar-refractivity contribution in [1.82, 2.24) is 0 Å². The Morgan fingerprint density at radius 3 is 2.73 bits per heavy atom. The van der Waals surface area contributed by atoms with E-state index < -0.39 is 10.8 Å². The molecule has 1 rings (SSSR count). The van der Waals surface area contributed by atoms with Crippen LogP contribution in [0.25, 0.3) is 0 Å². The van der Waals surface area contributed by atoms with Crippen molar-refractivity contribution in [1.29, 1.82) is 0 Å². The second-order valence-electron chi connectivity index (χ2n) is 2.71. The van der Waals surface area contributed by atoms with E-state index in [9.17, 15) is 14.9 Å². The molecule has 15 heavy (non-hydrogen) atoms. The standard InChI is InChI=1S/C9H10N2O4/c1-2-15-8-6(9(10)12)4-3-5-7(8)11(13)14/h3-5H,2H2,1H3,(H2,10,12). The van der Waals surface area contributed by atoms with Gasteiger partial charge in [0.1, 0.15) is 0 Å². The van der Waals surface area contributed by atoms with Gasteiger partial charge in [-0.05, 0) is 13.0 Å². The highest BCUT2D eigenvalue weighted by Crippen LogP contribution is 2.30. The summed E-state index contributed by atoms with van der Waals surface area (Å²) in [6, 6.07) is 4.04. The number of carbonyl (C=O) groups is 1. The quantitative estimate of drug-likeness (QED) is 0.594. The van der Waals surface area contributed by atoms with Crippen LogP contribution in [0.3, 0.4) is 0 Å². The van der Waals surface area contributed by atoms with Crippen LogP contribution in [-0.2, 0) is 0 Å². The summed E-state index contributed by atoms with van der Waals surface area (Å²) in [5.41, 5.74) is 4.84. The van der Waals surface area contributed by atoms with E-state index in [2.05, 4.69) is 0 Å². The number of para-hydroxylation sites is 1. The fourth-order valence-corrected chi connectivity index (χ4v) is 1.16. The number of nitrogens with two attached hydrogens (primary N) is 1. The third kappa shape index (κ3) is 2.22. The van der Waals surface area contributed by atoms with Crippen LogP contribution in [0, 0.1) is 10.1 Å². The summed E-state index contributed by atoms with van der Waals surface area (Å²) in [6.45, 7) is 1.90. The molecule has 2 N–H and O–H groups in total. The smallest absolute Gasteiger partial charge is 0.311 e. The number of hydrogen-bond donors (Lipinski definition) is 1. The van der Waals surface area contributed by atoms with Gasteiger partial charge in [0.2, 0.25) is 5.75 Å². The summed E-state index contributed by atoms with van der Waals surface area (Å²) in [7, 11) is 0. The molecule has 0 fully saturated rings. The first-order chi connectivity index (χ1) is 7.07. The second-order valence-corrected chi connectivity index (χ2v) is 2.71. The van der Waals surface area contributed by atoms with Gasteiger partial charge in [-0.15, -0.1) is 0 Å². The van der Waals surface area contributed by atoms with Crippen molar-refractivity contribution in [3.8, 4) is 5.75 Å². The second kappa shape index (κ2) is 4.41. The first-order valence-electron chi connectivity index (χ1n) is 4.28. The fraction of sp³-hybridized carbons (Fsp3) is 0.222. The van der Waals surface area contributed by atoms with Crippen molar-refractivity contribution >= 4 is 11.6 Å². The molecule has 0 bridgehead atoms. The lowest BCUT2D eigenvalue weighted by Crippen LogP contribution is -2.14. The average Bonchev–Trinajstić information content (AvgIpc) is 2.17. The van der Waals surface area contributed by atoms with Crippen LogP contribution in [0.2, 0.25) is 0 Å². The lowest BCUT2D eigenvalue weighted by molar-refractivity contribution is -0.385. The number of carbonyl (C=O) groups excluding carboxylic acids is 1. The van der Waals surface area contributed by atoms with E-state index >= 15 is 0 Å². The largest absolute Gasteiger partial charge is 0.487 e. The normalized spacial score (nSPS) is 9.67. The molecule has 0 saturated heterocycles. The first kappa shape index (κ1) is 11.0. The van der Waals surface area contributed by atoms with Crippen LogP contribution in [0.5, 0.6) is 5.75 Å². The SMILES string of the molecule is CCOc1c(C(N)=O)cccc1[N+](=O)[O-]. The molecular formula is C9H10N2O4. The molecule has 1 aromatic carbocycles. The Hall–Kier alpha value is -2.11. The van der Waals surface area contributed by atoms with Gasteiger partial charge in [0.15, 0.2) is 0 Å². The van der Waals surface area contributed by atoms with Crippen molar-refractivity contribution in [2.75, 3.05) is 6.61 Å². The highest BCUT2D eigenvalue weighted by Gasteiger charge is 2.21. The maximum Gasteiger partial charge on any atom is 0.311 e. The summed E-state index contributed by atoms with van der Waals surface area (Å²) >= 11 is 0. The lowest BCUT2D eigenvalue weighted by Gasteiger charge is -2.07. The van der Waals surface area contributed by atoms with Crippen molar-refractivity contribution < 1.29 is 14.5 Å². The number of ether oxygens (including phenoxy) is 1. The molecule has 6 heteroatoms. The maximum absolute atomic E-state index is 11.0. The molecule has 1 amide bonds. The molecule has 0 radical (unpaired) electrons. The van der Waals surface area contributed by atoms with E-state index in [-0.39, 0.29) is 23.6 Å². The van der Waals surface area contributed by atoms with Gasteiger partial charge in [-0.2, -0.15) is 0 Å². The molecule has 0 heterocycles. The van der Waals surface area contributed by atoms with Crippen LogP contribution >= 0.6 is 0 Å². The molecule has 0 aliphatic rings. The molecule has 80 valence electrons. The van der Waals surface area contributed by atoms with Gasteiger partial charge >= 0.3 is 5.69 Å². The Morgan fingerprint density at radius 2 is 2.27 bits per heavy atom. The van der Waals surface area contributed by atoms with Crippen LogP contribution in [0.15, 0.2) is 18.2 Å².